The van der Waals surface area contributed by atoms with Crippen LogP contribution in [0.2, 0.25) is 0 Å². The monoisotopic (exact) mass is 1160 g/mol. The predicted octanol–water partition coefficient (Wildman–Crippen LogP) is 24.8. The van der Waals surface area contributed by atoms with Crippen LogP contribution in [0.4, 0.5) is 0 Å². The average Bonchev–Trinajstić information content (AvgIpc) is 3.49. The van der Waals surface area contributed by atoms with Gasteiger partial charge in [0.2, 0.25) is 0 Å². The zero-order valence-electron chi connectivity index (χ0n) is 54.9. The van der Waals surface area contributed by atoms with Gasteiger partial charge in [-0.3, -0.25) is 14.4 Å². The van der Waals surface area contributed by atoms with Gasteiger partial charge in [-0.15, -0.1) is 0 Å². The number of ether oxygens (including phenoxy) is 3. The van der Waals surface area contributed by atoms with Gasteiger partial charge in [-0.05, 0) is 83.5 Å². The van der Waals surface area contributed by atoms with Crippen molar-refractivity contribution >= 4 is 17.9 Å². The molecular weight excluding hydrogens is 1020 g/mol. The Morgan fingerprint density at radius 1 is 0.253 bits per heavy atom. The molecule has 0 aliphatic rings. The van der Waals surface area contributed by atoms with Crippen LogP contribution >= 0.6 is 0 Å². The van der Waals surface area contributed by atoms with Crippen LogP contribution in [0.15, 0.2) is 97.2 Å². The molecule has 0 aromatic carbocycles. The molecule has 0 N–H and O–H groups in total. The Hall–Kier alpha value is -3.67. The van der Waals surface area contributed by atoms with Crippen molar-refractivity contribution in [2.75, 3.05) is 13.2 Å². The van der Waals surface area contributed by atoms with Crippen molar-refractivity contribution in [1.29, 1.82) is 0 Å². The maximum atomic E-state index is 12.9. The normalized spacial score (nSPS) is 12.7. The Morgan fingerprint density at radius 2 is 0.470 bits per heavy atom. The Balaban J connectivity index is 4.21. The highest BCUT2D eigenvalue weighted by Gasteiger charge is 2.19. The minimum atomic E-state index is -0.776. The fourth-order valence-corrected chi connectivity index (χ4v) is 10.3. The number of allylic oxidation sites excluding steroid dienone is 16. The summed E-state index contributed by atoms with van der Waals surface area (Å²) in [5, 5.41) is 0. The minimum Gasteiger partial charge on any atom is -0.462 e. The first-order valence-corrected chi connectivity index (χ1v) is 35.7. The first-order valence-electron chi connectivity index (χ1n) is 35.7. The van der Waals surface area contributed by atoms with Crippen LogP contribution in [-0.2, 0) is 28.6 Å². The van der Waals surface area contributed by atoms with E-state index in [0.717, 1.165) is 109 Å². The molecular formula is C77H134O6. The van der Waals surface area contributed by atoms with Crippen LogP contribution in [0.25, 0.3) is 0 Å². The van der Waals surface area contributed by atoms with Gasteiger partial charge in [-0.1, -0.05) is 349 Å². The quantitative estimate of drug-likeness (QED) is 0.0261. The van der Waals surface area contributed by atoms with Crippen molar-refractivity contribution in [2.45, 2.75) is 361 Å². The molecule has 0 saturated heterocycles. The van der Waals surface area contributed by atoms with E-state index in [1.54, 1.807) is 0 Å². The highest BCUT2D eigenvalue weighted by Crippen LogP contribution is 2.18. The number of hydrogen-bond donors (Lipinski definition) is 0. The molecule has 0 spiro atoms. The van der Waals surface area contributed by atoms with Crippen LogP contribution in [0.1, 0.15) is 355 Å². The molecule has 0 saturated carbocycles. The molecule has 1 unspecified atom stereocenters. The van der Waals surface area contributed by atoms with Gasteiger partial charge < -0.3 is 14.2 Å². The summed E-state index contributed by atoms with van der Waals surface area (Å²) in [6.07, 6.45) is 95.7. The molecule has 0 aliphatic carbocycles. The molecule has 478 valence electrons. The molecule has 0 amide bonds. The van der Waals surface area contributed by atoms with Gasteiger partial charge in [0.05, 0.1) is 0 Å². The van der Waals surface area contributed by atoms with Crippen LogP contribution < -0.4 is 0 Å². The van der Waals surface area contributed by atoms with Gasteiger partial charge in [-0.2, -0.15) is 0 Å². The first-order chi connectivity index (χ1) is 41.0. The van der Waals surface area contributed by atoms with E-state index in [0.29, 0.717) is 19.3 Å². The number of carbonyl (C=O) groups is 3. The SMILES string of the molecule is CC/C=C\C/C=C\C/C=C\C/C=C\C/C=C\C/C=C\C/C=C\C/C=C\CCCCCCCCCCCCC(=O)OCC(COC(=O)CCCCCCCCCCCCCCCC)OC(=O)CCCCCCCCCCCCCCCCCC. The summed E-state index contributed by atoms with van der Waals surface area (Å²) in [7, 11) is 0. The maximum Gasteiger partial charge on any atom is 0.306 e. The molecule has 0 radical (unpaired) electrons. The van der Waals surface area contributed by atoms with Crippen LogP contribution in [-0.4, -0.2) is 37.2 Å². The van der Waals surface area contributed by atoms with Gasteiger partial charge >= 0.3 is 17.9 Å². The summed E-state index contributed by atoms with van der Waals surface area (Å²) in [6.45, 7) is 6.57. The molecule has 83 heavy (non-hydrogen) atoms. The second kappa shape index (κ2) is 70.8. The van der Waals surface area contributed by atoms with E-state index < -0.39 is 6.10 Å². The second-order valence-corrected chi connectivity index (χ2v) is 23.8. The zero-order valence-corrected chi connectivity index (χ0v) is 54.9. The highest BCUT2D eigenvalue weighted by atomic mass is 16.6. The van der Waals surface area contributed by atoms with E-state index >= 15 is 0 Å². The van der Waals surface area contributed by atoms with Crippen LogP contribution in [0.5, 0.6) is 0 Å². The number of unbranched alkanes of at least 4 members (excludes halogenated alkanes) is 38. The lowest BCUT2D eigenvalue weighted by Gasteiger charge is -2.18. The first kappa shape index (κ1) is 79.3. The van der Waals surface area contributed by atoms with Gasteiger partial charge in [0.25, 0.3) is 0 Å². The lowest BCUT2D eigenvalue weighted by molar-refractivity contribution is -0.167. The van der Waals surface area contributed by atoms with E-state index in [-0.39, 0.29) is 31.1 Å². The number of esters is 3. The highest BCUT2D eigenvalue weighted by molar-refractivity contribution is 5.71. The largest absolute Gasteiger partial charge is 0.462 e. The van der Waals surface area contributed by atoms with Gasteiger partial charge in [0.15, 0.2) is 6.10 Å². The summed E-state index contributed by atoms with van der Waals surface area (Å²) < 4.78 is 17.0. The van der Waals surface area contributed by atoms with Crippen LogP contribution in [0, 0.1) is 0 Å². The minimum absolute atomic E-state index is 0.0718. The molecule has 0 aromatic rings. The topological polar surface area (TPSA) is 78.9 Å². The maximum absolute atomic E-state index is 12.9. The molecule has 1 atom stereocenters. The third-order valence-corrected chi connectivity index (χ3v) is 15.6. The van der Waals surface area contributed by atoms with E-state index in [9.17, 15) is 14.4 Å². The number of carbonyl (C=O) groups excluding carboxylic acids is 3. The van der Waals surface area contributed by atoms with Crippen molar-refractivity contribution in [3.05, 3.63) is 97.2 Å². The molecule has 6 heteroatoms. The molecule has 0 heterocycles. The fourth-order valence-electron chi connectivity index (χ4n) is 10.3. The van der Waals surface area contributed by atoms with Crippen LogP contribution in [0.3, 0.4) is 0 Å². The molecule has 0 aromatic heterocycles. The predicted molar refractivity (Wildman–Crippen MR) is 362 cm³/mol. The standard InChI is InChI=1S/C77H134O6/c1-4-7-10-13-16-19-22-25-28-30-31-32-33-34-35-36-37-38-39-40-41-42-43-44-45-46-47-48-50-52-55-58-61-64-67-70-76(79)82-73-74(72-81-75(78)69-66-63-60-57-54-51-27-24-21-18-15-12-9-6-3)83-77(80)71-68-65-62-59-56-53-49-29-26-23-20-17-14-11-8-5-2/h7,10,16,19,25,28,31-32,34-35,37-38,40-41,43-44,74H,4-6,8-9,11-15,17-18,20-24,26-27,29-30,33,36,39,42,45-73H2,1-3H3/b10-7-,19-16-,28-25-,32-31-,35-34-,38-37-,41-40-,44-43-. The van der Waals surface area contributed by atoms with Crippen molar-refractivity contribution in [3.8, 4) is 0 Å². The third-order valence-electron chi connectivity index (χ3n) is 15.6. The van der Waals surface area contributed by atoms with Crippen molar-refractivity contribution in [1.82, 2.24) is 0 Å². The Bertz CT molecular complexity index is 1610. The smallest absolute Gasteiger partial charge is 0.306 e. The van der Waals surface area contributed by atoms with E-state index in [1.807, 2.05) is 0 Å². The van der Waals surface area contributed by atoms with Crippen molar-refractivity contribution < 1.29 is 28.6 Å². The molecule has 0 aliphatic heterocycles. The van der Waals surface area contributed by atoms with E-state index in [4.69, 9.17) is 14.2 Å². The summed E-state index contributed by atoms with van der Waals surface area (Å²) in [5.74, 6) is -0.856. The summed E-state index contributed by atoms with van der Waals surface area (Å²) in [5.41, 5.74) is 0. The van der Waals surface area contributed by atoms with Gasteiger partial charge in [0.1, 0.15) is 13.2 Å². The fraction of sp³-hybridized carbons (Fsp3) is 0.753. The number of hydrogen-bond acceptors (Lipinski definition) is 6. The van der Waals surface area contributed by atoms with Crippen molar-refractivity contribution in [3.63, 3.8) is 0 Å². The lowest BCUT2D eigenvalue weighted by atomic mass is 10.0. The second-order valence-electron chi connectivity index (χ2n) is 23.8. The number of rotatable bonds is 65. The zero-order chi connectivity index (χ0) is 59.9. The summed E-state index contributed by atoms with van der Waals surface area (Å²) >= 11 is 0. The third kappa shape index (κ3) is 69.0. The average molecular weight is 1160 g/mol. The van der Waals surface area contributed by atoms with Gasteiger partial charge in [0, 0.05) is 19.3 Å². The summed E-state index contributed by atoms with van der Waals surface area (Å²) in [6, 6.07) is 0. The molecule has 6 nitrogen and oxygen atoms in total. The molecule has 0 fully saturated rings. The Labute approximate surface area is 515 Å². The summed E-state index contributed by atoms with van der Waals surface area (Å²) in [4.78, 5) is 38.4. The Kier molecular flexibility index (Phi) is 67.7. The Morgan fingerprint density at radius 3 is 0.735 bits per heavy atom. The van der Waals surface area contributed by atoms with Gasteiger partial charge in [-0.25, -0.2) is 0 Å². The van der Waals surface area contributed by atoms with Crippen molar-refractivity contribution in [2.24, 2.45) is 0 Å². The molecule has 0 bridgehead atoms. The molecule has 0 rings (SSSR count). The lowest BCUT2D eigenvalue weighted by Crippen LogP contribution is -2.30. The van der Waals surface area contributed by atoms with E-state index in [1.165, 1.54) is 205 Å². The van der Waals surface area contributed by atoms with E-state index in [2.05, 4.69) is 118 Å².